The summed E-state index contributed by atoms with van der Waals surface area (Å²) in [6.45, 7) is 1.64. The number of carbonyl (C=O) groups is 1. The van der Waals surface area contributed by atoms with E-state index in [1.807, 2.05) is 0 Å². The lowest BCUT2D eigenvalue weighted by Gasteiger charge is -2.23. The number of benzene rings is 1. The largest absolute Gasteiger partial charge is 0.479 e. The molecule has 0 aromatic heterocycles. The van der Waals surface area contributed by atoms with E-state index >= 15 is 0 Å². The summed E-state index contributed by atoms with van der Waals surface area (Å²) in [6.07, 6.45) is -0.569. The van der Waals surface area contributed by atoms with Gasteiger partial charge in [0.15, 0.2) is 6.10 Å². The number of ether oxygens (including phenoxy) is 1. The van der Waals surface area contributed by atoms with Crippen LogP contribution in [-0.2, 0) is 4.79 Å². The Kier molecular flexibility index (Phi) is 3.31. The second-order valence-electron chi connectivity index (χ2n) is 3.76. The normalized spacial score (nSPS) is 15.9. The van der Waals surface area contributed by atoms with Crippen LogP contribution < -0.4 is 15.5 Å². The minimum absolute atomic E-state index is 0.206. The topological polar surface area (TPSA) is 110 Å². The van der Waals surface area contributed by atoms with Crippen molar-refractivity contribution in [3.05, 3.63) is 18.2 Å². The van der Waals surface area contributed by atoms with E-state index in [0.717, 1.165) is 0 Å². The van der Waals surface area contributed by atoms with Gasteiger partial charge in [0.2, 0.25) is 5.71 Å². The van der Waals surface area contributed by atoms with Crippen LogP contribution in [0.2, 0.25) is 0 Å². The summed E-state index contributed by atoms with van der Waals surface area (Å²) in [7, 11) is 0. The van der Waals surface area contributed by atoms with Gasteiger partial charge in [0, 0.05) is 6.07 Å². The van der Waals surface area contributed by atoms with Gasteiger partial charge in [-0.05, 0) is 19.1 Å². The van der Waals surface area contributed by atoms with Crippen molar-refractivity contribution in [2.24, 2.45) is 5.10 Å². The monoisotopic (exact) mass is 255 g/mol. The number of nitrogens with zero attached hydrogens (tertiary/aromatic N) is 3. The minimum atomic E-state index is -0.569. The van der Waals surface area contributed by atoms with Crippen LogP contribution in [0, 0.1) is 22.7 Å². The quantitative estimate of drug-likeness (QED) is 0.609. The Morgan fingerprint density at radius 2 is 2.21 bits per heavy atom. The van der Waals surface area contributed by atoms with Gasteiger partial charge < -0.3 is 10.1 Å². The molecule has 2 N–H and O–H groups in total. The fourth-order valence-corrected chi connectivity index (χ4v) is 1.47. The number of hydrogen-bond acceptors (Lipinski definition) is 6. The number of fused-ring (bicyclic) bond motifs is 1. The van der Waals surface area contributed by atoms with Crippen molar-refractivity contribution >= 4 is 23.0 Å². The number of rotatable bonds is 2. The molecule has 1 unspecified atom stereocenters. The molecule has 0 aliphatic carbocycles. The molecule has 1 amide bonds. The lowest BCUT2D eigenvalue weighted by molar-refractivity contribution is -0.122. The van der Waals surface area contributed by atoms with Gasteiger partial charge in [-0.2, -0.15) is 15.6 Å². The molecule has 0 fully saturated rings. The molecular weight excluding hydrogens is 246 g/mol. The Bertz CT molecular complexity index is 623. The van der Waals surface area contributed by atoms with Gasteiger partial charge in [-0.3, -0.25) is 10.2 Å². The summed E-state index contributed by atoms with van der Waals surface area (Å²) in [4.78, 5) is 11.4. The van der Waals surface area contributed by atoms with E-state index in [1.54, 1.807) is 37.3 Å². The SMILES string of the molecule is CC1Oc2cc(NN=C(C#N)C#N)ccc2NC1=O. The number of amides is 1. The van der Waals surface area contributed by atoms with Crippen LogP contribution in [0.4, 0.5) is 11.4 Å². The molecule has 94 valence electrons. The van der Waals surface area contributed by atoms with Crippen LogP contribution in [0.25, 0.3) is 0 Å². The molecule has 1 aliphatic rings. The molecule has 1 aliphatic heterocycles. The predicted octanol–water partition coefficient (Wildman–Crippen LogP) is 1.22. The Hall–Kier alpha value is -3.06. The Morgan fingerprint density at radius 3 is 2.89 bits per heavy atom. The third-order valence-electron chi connectivity index (χ3n) is 2.42. The average Bonchev–Trinajstić information content (AvgIpc) is 2.41. The maximum Gasteiger partial charge on any atom is 0.265 e. The molecule has 1 aromatic rings. The van der Waals surface area contributed by atoms with Crippen LogP contribution in [-0.4, -0.2) is 17.7 Å². The number of nitrogens with one attached hydrogen (secondary N) is 2. The minimum Gasteiger partial charge on any atom is -0.479 e. The smallest absolute Gasteiger partial charge is 0.265 e. The molecule has 1 heterocycles. The lowest BCUT2D eigenvalue weighted by atomic mass is 10.2. The first-order chi connectivity index (χ1) is 9.13. The molecule has 0 saturated heterocycles. The molecule has 0 saturated carbocycles. The fourth-order valence-electron chi connectivity index (χ4n) is 1.47. The molecule has 0 radical (unpaired) electrons. The van der Waals surface area contributed by atoms with Gasteiger partial charge >= 0.3 is 0 Å². The summed E-state index contributed by atoms with van der Waals surface area (Å²) < 4.78 is 5.41. The van der Waals surface area contributed by atoms with Gasteiger partial charge in [-0.25, -0.2) is 0 Å². The highest BCUT2D eigenvalue weighted by atomic mass is 16.5. The average molecular weight is 255 g/mol. The van der Waals surface area contributed by atoms with Crippen molar-refractivity contribution in [2.45, 2.75) is 13.0 Å². The fraction of sp³-hybridized carbons (Fsp3) is 0.167. The lowest BCUT2D eigenvalue weighted by Crippen LogP contribution is -2.34. The van der Waals surface area contributed by atoms with E-state index in [9.17, 15) is 4.79 Å². The molecule has 7 heteroatoms. The predicted molar refractivity (Wildman–Crippen MR) is 67.4 cm³/mol. The summed E-state index contributed by atoms with van der Waals surface area (Å²) in [5.74, 6) is 0.297. The van der Waals surface area contributed by atoms with Gasteiger partial charge in [-0.15, -0.1) is 0 Å². The standard InChI is InChI=1S/C12H9N5O2/c1-7-12(18)15-10-3-2-8(4-11(10)19-7)16-17-9(5-13)6-14/h2-4,7,16H,1H3,(H,15,18). The number of carbonyl (C=O) groups excluding carboxylic acids is 1. The molecule has 2 rings (SSSR count). The zero-order chi connectivity index (χ0) is 13.8. The van der Waals surface area contributed by atoms with E-state index in [1.165, 1.54) is 0 Å². The highest BCUT2D eigenvalue weighted by Gasteiger charge is 2.23. The summed E-state index contributed by atoms with van der Waals surface area (Å²) in [6, 6.07) is 8.19. The van der Waals surface area contributed by atoms with Gasteiger partial charge in [0.1, 0.15) is 17.9 Å². The third-order valence-corrected chi connectivity index (χ3v) is 2.42. The van der Waals surface area contributed by atoms with E-state index in [2.05, 4.69) is 15.8 Å². The number of hydrazone groups is 1. The van der Waals surface area contributed by atoms with E-state index < -0.39 is 6.10 Å². The third kappa shape index (κ3) is 2.61. The van der Waals surface area contributed by atoms with E-state index in [4.69, 9.17) is 15.3 Å². The number of hydrogen-bond donors (Lipinski definition) is 2. The Labute approximate surface area is 109 Å². The second kappa shape index (κ2) is 5.07. The second-order valence-corrected chi connectivity index (χ2v) is 3.76. The first-order valence-corrected chi connectivity index (χ1v) is 5.39. The van der Waals surface area contributed by atoms with Crippen LogP contribution in [0.5, 0.6) is 5.75 Å². The molecule has 19 heavy (non-hydrogen) atoms. The maximum absolute atomic E-state index is 11.4. The zero-order valence-electron chi connectivity index (χ0n) is 9.97. The van der Waals surface area contributed by atoms with Crippen LogP contribution in [0.3, 0.4) is 0 Å². The van der Waals surface area contributed by atoms with Crippen molar-refractivity contribution in [3.8, 4) is 17.9 Å². The number of anilines is 2. The van der Waals surface area contributed by atoms with Crippen molar-refractivity contribution in [3.63, 3.8) is 0 Å². The molecule has 1 atom stereocenters. The van der Waals surface area contributed by atoms with Crippen LogP contribution in [0.15, 0.2) is 23.3 Å². The highest BCUT2D eigenvalue weighted by molar-refractivity contribution is 6.10. The van der Waals surface area contributed by atoms with Gasteiger partial charge in [0.25, 0.3) is 5.91 Å². The molecule has 0 spiro atoms. The highest BCUT2D eigenvalue weighted by Crippen LogP contribution is 2.32. The van der Waals surface area contributed by atoms with Crippen LogP contribution >= 0.6 is 0 Å². The number of nitriles is 2. The summed E-state index contributed by atoms with van der Waals surface area (Å²) in [5, 5.41) is 23.4. The Balaban J connectivity index is 2.21. The van der Waals surface area contributed by atoms with Crippen molar-refractivity contribution < 1.29 is 9.53 Å². The van der Waals surface area contributed by atoms with E-state index in [0.29, 0.717) is 17.1 Å². The molecular formula is C12H9N5O2. The van der Waals surface area contributed by atoms with Crippen molar-refractivity contribution in [1.82, 2.24) is 0 Å². The first kappa shape index (κ1) is 12.4. The zero-order valence-corrected chi connectivity index (χ0v) is 9.97. The molecule has 1 aromatic carbocycles. The van der Waals surface area contributed by atoms with Gasteiger partial charge in [-0.1, -0.05) is 0 Å². The summed E-state index contributed by atoms with van der Waals surface area (Å²) in [5.41, 5.74) is 3.41. The van der Waals surface area contributed by atoms with Crippen molar-refractivity contribution in [1.29, 1.82) is 10.5 Å². The first-order valence-electron chi connectivity index (χ1n) is 5.39. The maximum atomic E-state index is 11.4. The van der Waals surface area contributed by atoms with E-state index in [-0.39, 0.29) is 11.6 Å². The summed E-state index contributed by atoms with van der Waals surface area (Å²) >= 11 is 0. The van der Waals surface area contributed by atoms with Crippen LogP contribution in [0.1, 0.15) is 6.92 Å². The molecule has 0 bridgehead atoms. The van der Waals surface area contributed by atoms with Gasteiger partial charge in [0.05, 0.1) is 11.4 Å². The molecule has 7 nitrogen and oxygen atoms in total. The van der Waals surface area contributed by atoms with Crippen molar-refractivity contribution in [2.75, 3.05) is 10.7 Å². The Morgan fingerprint density at radius 1 is 1.47 bits per heavy atom.